The Kier molecular flexibility index (Phi) is 5.24. The summed E-state index contributed by atoms with van der Waals surface area (Å²) in [5.74, 6) is 1.24. The van der Waals surface area contributed by atoms with E-state index in [1.807, 2.05) is 30.0 Å². The molecule has 0 amide bonds. The summed E-state index contributed by atoms with van der Waals surface area (Å²) in [4.78, 5) is 21.8. The van der Waals surface area contributed by atoms with Crippen molar-refractivity contribution in [2.24, 2.45) is 0 Å². The van der Waals surface area contributed by atoms with Crippen molar-refractivity contribution in [2.45, 2.75) is 19.9 Å². The van der Waals surface area contributed by atoms with E-state index in [9.17, 15) is 10.1 Å². The monoisotopic (exact) mass is 391 g/mol. The average Bonchev–Trinajstić information content (AvgIpc) is 2.74. The lowest BCUT2D eigenvalue weighted by atomic mass is 10.00. The maximum atomic E-state index is 11.9. The lowest BCUT2D eigenvalue weighted by Crippen LogP contribution is -2.31. The van der Waals surface area contributed by atoms with E-state index in [4.69, 9.17) is 4.74 Å². The van der Waals surface area contributed by atoms with Gasteiger partial charge in [-0.25, -0.2) is 9.97 Å². The molecule has 0 saturated heterocycles. The summed E-state index contributed by atoms with van der Waals surface area (Å²) in [5, 5.41) is 14.9. The molecular formula is C21H21N5O3. The zero-order valence-electron chi connectivity index (χ0n) is 16.0. The van der Waals surface area contributed by atoms with Crippen LogP contribution in [0, 0.1) is 10.1 Å². The topological polar surface area (TPSA) is 93.4 Å². The molecule has 1 aliphatic rings. The molecule has 0 radical (unpaired) electrons. The van der Waals surface area contributed by atoms with Crippen LogP contribution >= 0.6 is 0 Å². The fraction of sp³-hybridized carbons (Fsp3) is 0.238. The molecule has 8 nitrogen and oxygen atoms in total. The van der Waals surface area contributed by atoms with Gasteiger partial charge in [-0.15, -0.1) is 0 Å². The number of hydrogen-bond acceptors (Lipinski definition) is 7. The summed E-state index contributed by atoms with van der Waals surface area (Å²) in [6, 6.07) is 15.4. The van der Waals surface area contributed by atoms with Gasteiger partial charge in [0, 0.05) is 18.8 Å². The molecule has 0 unspecified atom stereocenters. The number of ether oxygens (including phenoxy) is 1. The fourth-order valence-corrected chi connectivity index (χ4v) is 3.47. The van der Waals surface area contributed by atoms with E-state index < -0.39 is 4.92 Å². The molecule has 8 heteroatoms. The van der Waals surface area contributed by atoms with Crippen LogP contribution in [0.5, 0.6) is 5.75 Å². The fourth-order valence-electron chi connectivity index (χ4n) is 3.47. The number of benzene rings is 2. The quantitative estimate of drug-likeness (QED) is 0.500. The van der Waals surface area contributed by atoms with E-state index in [-0.39, 0.29) is 11.5 Å². The molecule has 3 aromatic rings. The van der Waals surface area contributed by atoms with Crippen LogP contribution < -0.4 is 15.0 Å². The smallest absolute Gasteiger partial charge is 0.353 e. The number of nitrogens with one attached hydrogen (secondary N) is 1. The van der Waals surface area contributed by atoms with Crippen molar-refractivity contribution < 1.29 is 9.66 Å². The van der Waals surface area contributed by atoms with Gasteiger partial charge in [-0.1, -0.05) is 24.3 Å². The number of nitro groups is 1. The van der Waals surface area contributed by atoms with Gasteiger partial charge in [-0.2, -0.15) is 0 Å². The maximum absolute atomic E-state index is 11.9. The molecule has 0 saturated carbocycles. The SMILES string of the molecule is CCOc1ccc(Nc2ncnc(N3CCc4ccccc4C3)c2[N+](=O)[O-])cc1. The number of hydrogen-bond donors (Lipinski definition) is 1. The lowest BCUT2D eigenvalue weighted by molar-refractivity contribution is -0.383. The molecule has 0 aliphatic carbocycles. The number of nitrogens with zero attached hydrogens (tertiary/aromatic N) is 4. The molecule has 2 aromatic carbocycles. The van der Waals surface area contributed by atoms with Gasteiger partial charge >= 0.3 is 5.69 Å². The van der Waals surface area contributed by atoms with Gasteiger partial charge in [-0.05, 0) is 48.7 Å². The first-order valence-electron chi connectivity index (χ1n) is 9.46. The Labute approximate surface area is 168 Å². The largest absolute Gasteiger partial charge is 0.494 e. The van der Waals surface area contributed by atoms with Crippen LogP contribution in [0.15, 0.2) is 54.9 Å². The molecule has 0 fully saturated rings. The minimum Gasteiger partial charge on any atom is -0.494 e. The van der Waals surface area contributed by atoms with Crippen LogP contribution in [0.2, 0.25) is 0 Å². The van der Waals surface area contributed by atoms with Gasteiger partial charge in [0.15, 0.2) is 0 Å². The molecule has 0 spiro atoms. The second kappa shape index (κ2) is 8.14. The Morgan fingerprint density at radius 3 is 2.62 bits per heavy atom. The Bertz CT molecular complexity index is 1020. The van der Waals surface area contributed by atoms with Gasteiger partial charge in [-0.3, -0.25) is 10.1 Å². The predicted octanol–water partition coefficient (Wildman–Crippen LogP) is 4.09. The summed E-state index contributed by atoms with van der Waals surface area (Å²) >= 11 is 0. The summed E-state index contributed by atoms with van der Waals surface area (Å²) in [7, 11) is 0. The normalized spacial score (nSPS) is 12.9. The Hall–Kier alpha value is -3.68. The minimum absolute atomic E-state index is 0.124. The number of fused-ring (bicyclic) bond motifs is 1. The van der Waals surface area contributed by atoms with Gasteiger partial charge in [0.2, 0.25) is 11.6 Å². The first-order valence-corrected chi connectivity index (χ1v) is 9.46. The van der Waals surface area contributed by atoms with Gasteiger partial charge < -0.3 is 15.0 Å². The highest BCUT2D eigenvalue weighted by Gasteiger charge is 2.29. The van der Waals surface area contributed by atoms with Crippen molar-refractivity contribution >= 4 is 23.0 Å². The molecule has 1 aromatic heterocycles. The van der Waals surface area contributed by atoms with Gasteiger partial charge in [0.1, 0.15) is 12.1 Å². The molecule has 1 N–H and O–H groups in total. The second-order valence-electron chi connectivity index (χ2n) is 6.67. The third-order valence-corrected chi connectivity index (χ3v) is 4.84. The highest BCUT2D eigenvalue weighted by atomic mass is 16.6. The lowest BCUT2D eigenvalue weighted by Gasteiger charge is -2.29. The van der Waals surface area contributed by atoms with Crippen LogP contribution in [-0.2, 0) is 13.0 Å². The first-order chi connectivity index (χ1) is 14.2. The van der Waals surface area contributed by atoms with E-state index in [1.54, 1.807) is 24.3 Å². The first kappa shape index (κ1) is 18.7. The number of aromatic nitrogens is 2. The zero-order chi connectivity index (χ0) is 20.2. The molecule has 1 aliphatic heterocycles. The van der Waals surface area contributed by atoms with E-state index in [0.29, 0.717) is 31.2 Å². The molecule has 148 valence electrons. The van der Waals surface area contributed by atoms with Crippen molar-refractivity contribution in [1.82, 2.24) is 9.97 Å². The Morgan fingerprint density at radius 2 is 1.90 bits per heavy atom. The standard InChI is InChI=1S/C21H21N5O3/c1-2-29-18-9-7-17(8-10-18)24-20-19(26(27)28)21(23-14-22-20)25-12-11-15-5-3-4-6-16(15)13-25/h3-10,14H,2,11-13H2,1H3,(H,22,23,24). The summed E-state index contributed by atoms with van der Waals surface area (Å²) in [5.41, 5.74) is 2.99. The van der Waals surface area contributed by atoms with Crippen molar-refractivity contribution in [3.05, 3.63) is 76.1 Å². The third-order valence-electron chi connectivity index (χ3n) is 4.84. The molecular weight excluding hydrogens is 370 g/mol. The Balaban J connectivity index is 1.64. The average molecular weight is 391 g/mol. The van der Waals surface area contributed by atoms with Crippen LogP contribution in [0.1, 0.15) is 18.1 Å². The van der Waals surface area contributed by atoms with Crippen LogP contribution in [0.25, 0.3) is 0 Å². The molecule has 0 atom stereocenters. The van der Waals surface area contributed by atoms with Crippen molar-refractivity contribution in [3.8, 4) is 5.75 Å². The van der Waals surface area contributed by atoms with Crippen LogP contribution in [-0.4, -0.2) is 28.0 Å². The number of anilines is 3. The summed E-state index contributed by atoms with van der Waals surface area (Å²) < 4.78 is 5.43. The third kappa shape index (κ3) is 3.96. The van der Waals surface area contributed by atoms with Crippen molar-refractivity contribution in [2.75, 3.05) is 23.4 Å². The summed E-state index contributed by atoms with van der Waals surface area (Å²) in [6.07, 6.45) is 2.18. The van der Waals surface area contributed by atoms with E-state index in [1.165, 1.54) is 11.9 Å². The van der Waals surface area contributed by atoms with Crippen molar-refractivity contribution in [1.29, 1.82) is 0 Å². The van der Waals surface area contributed by atoms with E-state index in [0.717, 1.165) is 17.7 Å². The van der Waals surface area contributed by atoms with E-state index in [2.05, 4.69) is 21.4 Å². The summed E-state index contributed by atoms with van der Waals surface area (Å²) in [6.45, 7) is 3.73. The molecule has 2 heterocycles. The highest BCUT2D eigenvalue weighted by molar-refractivity contribution is 5.74. The Morgan fingerprint density at radius 1 is 1.14 bits per heavy atom. The zero-order valence-corrected chi connectivity index (χ0v) is 16.0. The molecule has 4 rings (SSSR count). The van der Waals surface area contributed by atoms with Crippen LogP contribution in [0.3, 0.4) is 0 Å². The highest BCUT2D eigenvalue weighted by Crippen LogP contribution is 2.35. The van der Waals surface area contributed by atoms with Crippen LogP contribution in [0.4, 0.5) is 23.0 Å². The van der Waals surface area contributed by atoms with Gasteiger partial charge in [0.05, 0.1) is 11.5 Å². The molecule has 29 heavy (non-hydrogen) atoms. The second-order valence-corrected chi connectivity index (χ2v) is 6.67. The predicted molar refractivity (Wildman–Crippen MR) is 111 cm³/mol. The van der Waals surface area contributed by atoms with Gasteiger partial charge in [0.25, 0.3) is 0 Å². The number of rotatable bonds is 6. The minimum atomic E-state index is -0.424. The molecule has 0 bridgehead atoms. The van der Waals surface area contributed by atoms with Crippen molar-refractivity contribution in [3.63, 3.8) is 0 Å². The van der Waals surface area contributed by atoms with E-state index >= 15 is 0 Å². The maximum Gasteiger partial charge on any atom is 0.353 e.